The number of hydrogen-bond donors (Lipinski definition) is 1. The van der Waals surface area contributed by atoms with Crippen molar-refractivity contribution in [3.8, 4) is 0 Å². The van der Waals surface area contributed by atoms with E-state index >= 15 is 0 Å². The van der Waals surface area contributed by atoms with Gasteiger partial charge >= 0.3 is 5.97 Å². The summed E-state index contributed by atoms with van der Waals surface area (Å²) >= 11 is 0. The van der Waals surface area contributed by atoms with Crippen LogP contribution in [0.25, 0.3) is 0 Å². The van der Waals surface area contributed by atoms with Gasteiger partial charge in [-0.2, -0.15) is 0 Å². The van der Waals surface area contributed by atoms with Crippen molar-refractivity contribution >= 4 is 11.8 Å². The molecule has 136 valence electrons. The van der Waals surface area contributed by atoms with E-state index in [-0.39, 0.29) is 18.3 Å². The molecule has 4 rings (SSSR count). The second kappa shape index (κ2) is 5.02. The molecular weight excluding hydrogens is 324 g/mol. The van der Waals surface area contributed by atoms with Gasteiger partial charge in [-0.05, 0) is 25.5 Å². The van der Waals surface area contributed by atoms with E-state index in [0.717, 1.165) is 0 Å². The maximum atomic E-state index is 12.5. The first kappa shape index (κ1) is 16.9. The number of rotatable bonds is 2. The first-order valence-electron chi connectivity index (χ1n) is 8.74. The van der Waals surface area contributed by atoms with Crippen LogP contribution >= 0.6 is 0 Å². The van der Waals surface area contributed by atoms with Crippen LogP contribution in [0.4, 0.5) is 0 Å². The molecule has 6 heteroatoms. The molecule has 0 radical (unpaired) electrons. The molecule has 0 unspecified atom stereocenters. The third kappa shape index (κ3) is 1.85. The first-order valence-corrected chi connectivity index (χ1v) is 8.74. The fourth-order valence-corrected chi connectivity index (χ4v) is 5.25. The van der Waals surface area contributed by atoms with Crippen LogP contribution in [0.3, 0.4) is 0 Å². The van der Waals surface area contributed by atoms with Gasteiger partial charge in [-0.3, -0.25) is 4.79 Å². The number of epoxide rings is 1. The third-order valence-electron chi connectivity index (χ3n) is 7.01. The Labute approximate surface area is 146 Å². The van der Waals surface area contributed by atoms with Gasteiger partial charge in [0.2, 0.25) is 0 Å². The van der Waals surface area contributed by atoms with Crippen LogP contribution in [0.1, 0.15) is 34.1 Å². The van der Waals surface area contributed by atoms with Gasteiger partial charge in [-0.1, -0.05) is 19.9 Å². The summed E-state index contributed by atoms with van der Waals surface area (Å²) in [6.07, 6.45) is 2.36. The lowest BCUT2D eigenvalue weighted by Crippen LogP contribution is -2.64. The smallest absolute Gasteiger partial charge is 0.330 e. The number of ketones is 1. The number of fused-ring (bicyclic) bond motifs is 2. The second-order valence-electron chi connectivity index (χ2n) is 8.07. The topological polar surface area (TPSA) is 85.4 Å². The highest BCUT2D eigenvalue weighted by Gasteiger charge is 2.84. The van der Waals surface area contributed by atoms with Crippen molar-refractivity contribution in [3.05, 3.63) is 23.8 Å². The van der Waals surface area contributed by atoms with Crippen molar-refractivity contribution in [3.63, 3.8) is 0 Å². The highest BCUT2D eigenvalue weighted by molar-refractivity contribution is 5.96. The highest BCUT2D eigenvalue weighted by atomic mass is 16.6. The van der Waals surface area contributed by atoms with Crippen molar-refractivity contribution in [1.29, 1.82) is 0 Å². The van der Waals surface area contributed by atoms with E-state index in [4.69, 9.17) is 14.2 Å². The zero-order valence-corrected chi connectivity index (χ0v) is 14.9. The van der Waals surface area contributed by atoms with Crippen LogP contribution in [0.5, 0.6) is 0 Å². The van der Waals surface area contributed by atoms with Crippen LogP contribution in [0.15, 0.2) is 23.8 Å². The number of aliphatic hydroxyl groups excluding tert-OH is 1. The van der Waals surface area contributed by atoms with E-state index in [1.165, 1.54) is 6.08 Å². The van der Waals surface area contributed by atoms with Gasteiger partial charge in [-0.15, -0.1) is 0 Å². The summed E-state index contributed by atoms with van der Waals surface area (Å²) in [4.78, 5) is 24.6. The molecule has 2 aliphatic heterocycles. The lowest BCUT2D eigenvalue weighted by Gasteiger charge is -2.56. The standard InChI is InChI=1S/C19H24O6/c1-5-6-13(21)25-15-14(22)16-19(9-23-19)18(15,4)17(3)8-11(20)10(2)7-12(17)24-16/h5-7,12,14-16,22H,8-9H2,1-4H3/b6-5-/t12-,14-,15-,16-,17+,18+,19-/m1/s1. The average molecular weight is 348 g/mol. The van der Waals surface area contributed by atoms with E-state index in [0.29, 0.717) is 12.2 Å². The highest BCUT2D eigenvalue weighted by Crippen LogP contribution is 2.71. The SMILES string of the molecule is C/C=C\C(=O)O[C@@H]1[C@@H](O)[C@H]2O[C@@H]3C=C(C)C(=O)C[C@]3(C)[C@@]1(C)[C@@]21CO1. The Morgan fingerprint density at radius 1 is 1.44 bits per heavy atom. The normalized spacial score (nSPS) is 50.8. The number of carbonyl (C=O) groups excluding carboxylic acids is 2. The summed E-state index contributed by atoms with van der Waals surface area (Å²) < 4.78 is 17.7. The van der Waals surface area contributed by atoms with Crippen LogP contribution in [0.2, 0.25) is 0 Å². The van der Waals surface area contributed by atoms with Crippen molar-refractivity contribution < 1.29 is 28.9 Å². The summed E-state index contributed by atoms with van der Waals surface area (Å²) in [7, 11) is 0. The Morgan fingerprint density at radius 3 is 2.72 bits per heavy atom. The molecule has 3 fully saturated rings. The van der Waals surface area contributed by atoms with Gasteiger partial charge in [0.1, 0.15) is 23.9 Å². The molecule has 6 nitrogen and oxygen atoms in total. The third-order valence-corrected chi connectivity index (χ3v) is 7.01. The van der Waals surface area contributed by atoms with E-state index in [9.17, 15) is 14.7 Å². The molecule has 2 heterocycles. The molecule has 2 saturated heterocycles. The maximum Gasteiger partial charge on any atom is 0.330 e. The zero-order chi connectivity index (χ0) is 18.2. The maximum absolute atomic E-state index is 12.5. The zero-order valence-electron chi connectivity index (χ0n) is 14.9. The fraction of sp³-hybridized carbons (Fsp3) is 0.684. The quantitative estimate of drug-likeness (QED) is 0.460. The Morgan fingerprint density at radius 2 is 2.12 bits per heavy atom. The molecule has 0 aromatic carbocycles. The molecule has 1 saturated carbocycles. The second-order valence-corrected chi connectivity index (χ2v) is 8.07. The lowest BCUT2D eigenvalue weighted by molar-refractivity contribution is -0.209. The molecule has 4 aliphatic rings. The van der Waals surface area contributed by atoms with E-state index < -0.39 is 40.7 Å². The van der Waals surface area contributed by atoms with Crippen molar-refractivity contribution in [1.82, 2.24) is 0 Å². The molecule has 7 atom stereocenters. The van der Waals surface area contributed by atoms with Crippen molar-refractivity contribution in [2.45, 2.75) is 64.1 Å². The Bertz CT molecular complexity index is 705. The van der Waals surface area contributed by atoms with E-state index in [2.05, 4.69) is 0 Å². The summed E-state index contributed by atoms with van der Waals surface area (Å²) in [6.45, 7) is 7.89. The molecule has 2 aliphatic carbocycles. The Kier molecular flexibility index (Phi) is 3.40. The number of hydrogen-bond acceptors (Lipinski definition) is 6. The van der Waals surface area contributed by atoms with Crippen molar-refractivity contribution in [2.75, 3.05) is 6.61 Å². The van der Waals surface area contributed by atoms with Gasteiger partial charge in [0, 0.05) is 23.3 Å². The monoisotopic (exact) mass is 348 g/mol. The Balaban J connectivity index is 1.82. The predicted molar refractivity (Wildman–Crippen MR) is 87.6 cm³/mol. The lowest BCUT2D eigenvalue weighted by atomic mass is 9.52. The summed E-state index contributed by atoms with van der Waals surface area (Å²) in [6, 6.07) is 0. The summed E-state index contributed by atoms with van der Waals surface area (Å²) in [5.41, 5.74) is -1.39. The number of Topliss-reactive ketones (excluding diaryl/α,β-unsaturated/α-hetero) is 1. The van der Waals surface area contributed by atoms with Gasteiger partial charge < -0.3 is 19.3 Å². The molecule has 2 bridgehead atoms. The molecule has 0 amide bonds. The largest absolute Gasteiger partial charge is 0.456 e. The minimum Gasteiger partial charge on any atom is -0.456 e. The van der Waals surface area contributed by atoms with Crippen molar-refractivity contribution in [2.24, 2.45) is 10.8 Å². The number of allylic oxidation sites excluding steroid dienone is 2. The molecule has 1 spiro atoms. The van der Waals surface area contributed by atoms with Gasteiger partial charge in [-0.25, -0.2) is 4.79 Å². The van der Waals surface area contributed by atoms with Gasteiger partial charge in [0.25, 0.3) is 0 Å². The fourth-order valence-electron chi connectivity index (χ4n) is 5.25. The molecule has 0 aromatic rings. The summed E-state index contributed by atoms with van der Waals surface area (Å²) in [5.74, 6) is -0.456. The van der Waals surface area contributed by atoms with E-state index in [1.54, 1.807) is 19.9 Å². The number of carbonyl (C=O) groups is 2. The number of ether oxygens (including phenoxy) is 3. The number of esters is 1. The average Bonchev–Trinajstić information content (AvgIpc) is 3.32. The molecule has 0 aromatic heterocycles. The van der Waals surface area contributed by atoms with Crippen LogP contribution in [-0.2, 0) is 23.8 Å². The molecule has 25 heavy (non-hydrogen) atoms. The van der Waals surface area contributed by atoms with Gasteiger partial charge in [0.05, 0.1) is 12.7 Å². The van der Waals surface area contributed by atoms with Crippen LogP contribution in [-0.4, -0.2) is 53.5 Å². The first-order chi connectivity index (χ1) is 11.7. The van der Waals surface area contributed by atoms with Crippen LogP contribution in [0, 0.1) is 10.8 Å². The van der Waals surface area contributed by atoms with E-state index in [1.807, 2.05) is 19.9 Å². The molecule has 1 N–H and O–H groups in total. The minimum atomic E-state index is -0.993. The van der Waals surface area contributed by atoms with Gasteiger partial charge in [0.15, 0.2) is 5.78 Å². The minimum absolute atomic E-state index is 0.0535. The Hall–Kier alpha value is -1.50. The number of aliphatic hydroxyl groups is 1. The molecular formula is C19H24O6. The van der Waals surface area contributed by atoms with Crippen LogP contribution < -0.4 is 0 Å². The predicted octanol–water partition coefficient (Wildman–Crippen LogP) is 1.32. The summed E-state index contributed by atoms with van der Waals surface area (Å²) in [5, 5.41) is 10.9.